The predicted molar refractivity (Wildman–Crippen MR) is 104 cm³/mol. The first-order valence-corrected chi connectivity index (χ1v) is 9.09. The molecule has 2 N–H and O–H groups in total. The van der Waals surface area contributed by atoms with Crippen LogP contribution >= 0.6 is 0 Å². The molecule has 0 aliphatic heterocycles. The number of methoxy groups -OCH3 is 2. The third-order valence-corrected chi connectivity index (χ3v) is 4.81. The number of hydrogen-bond donors (Lipinski definition) is 2. The summed E-state index contributed by atoms with van der Waals surface area (Å²) in [7, 11) is 3.27. The molecule has 1 aliphatic carbocycles. The molecule has 0 saturated heterocycles. The average Bonchev–Trinajstić information content (AvgIpc) is 2.70. The minimum Gasteiger partial charge on any atom is -0.497 e. The van der Waals surface area contributed by atoms with Gasteiger partial charge in [-0.25, -0.2) is 0 Å². The van der Waals surface area contributed by atoms with Crippen LogP contribution in [0.3, 0.4) is 0 Å². The van der Waals surface area contributed by atoms with E-state index in [1.807, 2.05) is 42.5 Å². The van der Waals surface area contributed by atoms with E-state index in [1.165, 1.54) is 6.42 Å². The fourth-order valence-corrected chi connectivity index (χ4v) is 3.31. The van der Waals surface area contributed by atoms with Crippen molar-refractivity contribution in [3.8, 4) is 11.5 Å². The summed E-state index contributed by atoms with van der Waals surface area (Å²) in [6.07, 6.45) is 5.56. The molecule has 1 saturated carbocycles. The summed E-state index contributed by atoms with van der Waals surface area (Å²) >= 11 is 0. The molecular formula is C21H26N2O3. The van der Waals surface area contributed by atoms with Gasteiger partial charge in [0, 0.05) is 23.4 Å². The molecule has 0 unspecified atom stereocenters. The van der Waals surface area contributed by atoms with Gasteiger partial charge in [0.15, 0.2) is 0 Å². The second-order valence-electron chi connectivity index (χ2n) is 6.59. The lowest BCUT2D eigenvalue weighted by Crippen LogP contribution is -2.24. The van der Waals surface area contributed by atoms with Gasteiger partial charge in [-0.3, -0.25) is 4.79 Å². The number of hydrogen-bond acceptors (Lipinski definition) is 4. The summed E-state index contributed by atoms with van der Waals surface area (Å²) in [5.74, 6) is 1.78. The van der Waals surface area contributed by atoms with Gasteiger partial charge in [-0.15, -0.1) is 0 Å². The highest BCUT2D eigenvalue weighted by Gasteiger charge is 2.20. The zero-order valence-electron chi connectivity index (χ0n) is 15.4. The van der Waals surface area contributed by atoms with Gasteiger partial charge in [-0.05, 0) is 49.2 Å². The van der Waals surface area contributed by atoms with E-state index >= 15 is 0 Å². The summed E-state index contributed by atoms with van der Waals surface area (Å²) in [4.78, 5) is 12.3. The van der Waals surface area contributed by atoms with Crippen molar-refractivity contribution in [3.63, 3.8) is 0 Å². The van der Waals surface area contributed by atoms with Gasteiger partial charge < -0.3 is 20.1 Å². The van der Waals surface area contributed by atoms with Crippen LogP contribution in [0.1, 0.15) is 32.1 Å². The lowest BCUT2D eigenvalue weighted by molar-refractivity contribution is -0.120. The first-order chi connectivity index (χ1) is 12.7. The molecule has 0 spiro atoms. The standard InChI is InChI=1S/C21H26N2O3/c1-25-18-12-13-20(26-2)19(14-18)22-16-8-10-17(11-9-16)23-21(24)15-6-4-3-5-7-15/h8-15,22H,3-7H2,1-2H3,(H,23,24). The Hall–Kier alpha value is -2.69. The minimum atomic E-state index is 0.139. The molecule has 0 aromatic heterocycles. The van der Waals surface area contributed by atoms with Crippen LogP contribution in [0.4, 0.5) is 17.1 Å². The normalized spacial score (nSPS) is 14.5. The van der Waals surface area contributed by atoms with Crippen LogP contribution < -0.4 is 20.1 Å². The third-order valence-electron chi connectivity index (χ3n) is 4.81. The summed E-state index contributed by atoms with van der Waals surface area (Å²) in [6, 6.07) is 13.3. The second-order valence-corrected chi connectivity index (χ2v) is 6.59. The van der Waals surface area contributed by atoms with Crippen LogP contribution in [0, 0.1) is 5.92 Å². The van der Waals surface area contributed by atoms with Crippen molar-refractivity contribution < 1.29 is 14.3 Å². The van der Waals surface area contributed by atoms with Gasteiger partial charge in [0.1, 0.15) is 11.5 Å². The first kappa shape index (κ1) is 18.1. The fraction of sp³-hybridized carbons (Fsp3) is 0.381. The molecule has 0 radical (unpaired) electrons. The number of carbonyl (C=O) groups excluding carboxylic acids is 1. The molecule has 1 amide bonds. The van der Waals surface area contributed by atoms with Crippen molar-refractivity contribution in [2.45, 2.75) is 32.1 Å². The van der Waals surface area contributed by atoms with Crippen molar-refractivity contribution in [2.24, 2.45) is 5.92 Å². The van der Waals surface area contributed by atoms with E-state index in [-0.39, 0.29) is 11.8 Å². The zero-order chi connectivity index (χ0) is 18.4. The molecule has 5 nitrogen and oxygen atoms in total. The molecule has 5 heteroatoms. The summed E-state index contributed by atoms with van der Waals surface area (Å²) in [5.41, 5.74) is 2.56. The first-order valence-electron chi connectivity index (χ1n) is 9.09. The highest BCUT2D eigenvalue weighted by atomic mass is 16.5. The minimum absolute atomic E-state index is 0.139. The van der Waals surface area contributed by atoms with E-state index in [4.69, 9.17) is 9.47 Å². The van der Waals surface area contributed by atoms with E-state index < -0.39 is 0 Å². The topological polar surface area (TPSA) is 59.6 Å². The SMILES string of the molecule is COc1ccc(OC)c(Nc2ccc(NC(=O)C3CCCCC3)cc2)c1. The van der Waals surface area contributed by atoms with Gasteiger partial charge in [0.25, 0.3) is 0 Å². The molecular weight excluding hydrogens is 328 g/mol. The summed E-state index contributed by atoms with van der Waals surface area (Å²) in [6.45, 7) is 0. The molecule has 2 aromatic carbocycles. The van der Waals surface area contributed by atoms with E-state index in [0.717, 1.165) is 54.2 Å². The van der Waals surface area contributed by atoms with Gasteiger partial charge in [-0.2, -0.15) is 0 Å². The Morgan fingerprint density at radius 2 is 1.62 bits per heavy atom. The molecule has 138 valence electrons. The predicted octanol–water partition coefficient (Wildman–Crippen LogP) is 4.97. The lowest BCUT2D eigenvalue weighted by Gasteiger charge is -2.20. The Labute approximate surface area is 154 Å². The number of nitrogens with one attached hydrogen (secondary N) is 2. The Morgan fingerprint density at radius 3 is 2.27 bits per heavy atom. The van der Waals surface area contributed by atoms with Gasteiger partial charge in [-0.1, -0.05) is 19.3 Å². The van der Waals surface area contributed by atoms with Crippen molar-refractivity contribution in [1.82, 2.24) is 0 Å². The van der Waals surface area contributed by atoms with Crippen LogP contribution in [0.2, 0.25) is 0 Å². The van der Waals surface area contributed by atoms with Crippen molar-refractivity contribution in [2.75, 3.05) is 24.9 Å². The molecule has 1 aliphatic rings. The van der Waals surface area contributed by atoms with Crippen LogP contribution in [0.25, 0.3) is 0 Å². The Balaban J connectivity index is 1.65. The molecule has 3 rings (SSSR count). The largest absolute Gasteiger partial charge is 0.497 e. The Kier molecular flexibility index (Phi) is 6.00. The monoisotopic (exact) mass is 354 g/mol. The van der Waals surface area contributed by atoms with Crippen LogP contribution in [0.15, 0.2) is 42.5 Å². The maximum Gasteiger partial charge on any atom is 0.227 e. The average molecular weight is 354 g/mol. The molecule has 0 bridgehead atoms. The fourth-order valence-electron chi connectivity index (χ4n) is 3.31. The third kappa shape index (κ3) is 4.48. The maximum absolute atomic E-state index is 12.3. The van der Waals surface area contributed by atoms with E-state index in [0.29, 0.717) is 0 Å². The number of anilines is 3. The van der Waals surface area contributed by atoms with Gasteiger partial charge in [0.2, 0.25) is 5.91 Å². The highest BCUT2D eigenvalue weighted by molar-refractivity contribution is 5.92. The van der Waals surface area contributed by atoms with Crippen molar-refractivity contribution in [3.05, 3.63) is 42.5 Å². The van der Waals surface area contributed by atoms with E-state index in [9.17, 15) is 4.79 Å². The molecule has 0 heterocycles. The number of rotatable bonds is 6. The molecule has 2 aromatic rings. The van der Waals surface area contributed by atoms with E-state index in [2.05, 4.69) is 10.6 Å². The molecule has 1 fully saturated rings. The van der Waals surface area contributed by atoms with Crippen LogP contribution in [-0.2, 0) is 4.79 Å². The number of benzene rings is 2. The maximum atomic E-state index is 12.3. The molecule has 26 heavy (non-hydrogen) atoms. The number of carbonyl (C=O) groups is 1. The highest BCUT2D eigenvalue weighted by Crippen LogP contribution is 2.32. The zero-order valence-corrected chi connectivity index (χ0v) is 15.4. The van der Waals surface area contributed by atoms with Crippen molar-refractivity contribution >= 4 is 23.0 Å². The van der Waals surface area contributed by atoms with Crippen LogP contribution in [-0.4, -0.2) is 20.1 Å². The number of ether oxygens (including phenoxy) is 2. The molecule has 0 atom stereocenters. The lowest BCUT2D eigenvalue weighted by atomic mass is 9.88. The summed E-state index contributed by atoms with van der Waals surface area (Å²) in [5, 5.41) is 6.36. The number of amides is 1. The van der Waals surface area contributed by atoms with Gasteiger partial charge in [0.05, 0.1) is 19.9 Å². The Bertz CT molecular complexity index is 737. The van der Waals surface area contributed by atoms with Crippen molar-refractivity contribution in [1.29, 1.82) is 0 Å². The van der Waals surface area contributed by atoms with E-state index in [1.54, 1.807) is 14.2 Å². The Morgan fingerprint density at radius 1 is 0.923 bits per heavy atom. The summed E-state index contributed by atoms with van der Waals surface area (Å²) < 4.78 is 10.7. The quantitative estimate of drug-likeness (QED) is 0.769. The second kappa shape index (κ2) is 8.61. The smallest absolute Gasteiger partial charge is 0.227 e. The van der Waals surface area contributed by atoms with Gasteiger partial charge >= 0.3 is 0 Å². The van der Waals surface area contributed by atoms with Crippen LogP contribution in [0.5, 0.6) is 11.5 Å².